The third kappa shape index (κ3) is 2.27. The fourth-order valence-electron chi connectivity index (χ4n) is 3.93. The van der Waals surface area contributed by atoms with Crippen LogP contribution < -0.4 is 16.2 Å². The lowest BCUT2D eigenvalue weighted by Gasteiger charge is -2.17. The van der Waals surface area contributed by atoms with Crippen LogP contribution in [0, 0.1) is 27.7 Å². The monoisotopic (exact) mass is 378 g/mol. The first-order valence-electron chi connectivity index (χ1n) is 8.87. The zero-order chi connectivity index (χ0) is 20.3. The van der Waals surface area contributed by atoms with Crippen molar-refractivity contribution in [2.75, 3.05) is 12.8 Å². The fourth-order valence-corrected chi connectivity index (χ4v) is 3.93. The number of rotatable bonds is 3. The van der Waals surface area contributed by atoms with Crippen LogP contribution in [0.3, 0.4) is 0 Å². The molecule has 144 valence electrons. The Morgan fingerprint density at radius 3 is 2.54 bits per heavy atom. The number of hydrogen-bond donors (Lipinski definition) is 2. The van der Waals surface area contributed by atoms with E-state index in [1.54, 1.807) is 11.6 Å². The molecule has 0 saturated heterocycles. The number of aromatic nitrogens is 4. The number of nitrogen functional groups attached to an aromatic ring is 1. The van der Waals surface area contributed by atoms with Crippen LogP contribution in [0.4, 0.5) is 5.82 Å². The first-order valence-corrected chi connectivity index (χ1v) is 8.87. The second kappa shape index (κ2) is 5.98. The first kappa shape index (κ1) is 17.8. The molecule has 0 radical (unpaired) electrons. The molecule has 0 fully saturated rings. The Hall–Kier alpha value is -3.55. The van der Waals surface area contributed by atoms with Gasteiger partial charge in [0.2, 0.25) is 0 Å². The summed E-state index contributed by atoms with van der Waals surface area (Å²) in [6.45, 7) is 7.67. The molecule has 1 amide bonds. The highest BCUT2D eigenvalue weighted by Crippen LogP contribution is 2.38. The van der Waals surface area contributed by atoms with E-state index in [2.05, 4.69) is 10.1 Å². The van der Waals surface area contributed by atoms with Crippen molar-refractivity contribution < 1.29 is 9.53 Å². The topological polar surface area (TPSA) is 113 Å². The van der Waals surface area contributed by atoms with Gasteiger partial charge in [0.25, 0.3) is 5.91 Å². The Kier molecular flexibility index (Phi) is 3.81. The Balaban J connectivity index is 2.30. The number of amides is 1. The Bertz CT molecular complexity index is 1280. The van der Waals surface area contributed by atoms with E-state index < -0.39 is 5.91 Å². The molecule has 4 aromatic rings. The first-order chi connectivity index (χ1) is 13.3. The van der Waals surface area contributed by atoms with Gasteiger partial charge >= 0.3 is 0 Å². The minimum absolute atomic E-state index is 0.273. The van der Waals surface area contributed by atoms with Crippen LogP contribution in [0.15, 0.2) is 18.2 Å². The number of nitrogens with zero attached hydrogens (tertiary/aromatic N) is 4. The largest absolute Gasteiger partial charge is 0.496 e. The summed E-state index contributed by atoms with van der Waals surface area (Å²) in [4.78, 5) is 16.9. The Labute approximate surface area is 161 Å². The van der Waals surface area contributed by atoms with Crippen molar-refractivity contribution in [3.63, 3.8) is 0 Å². The van der Waals surface area contributed by atoms with E-state index in [9.17, 15) is 4.79 Å². The molecule has 0 unspecified atom stereocenters. The number of hydrogen-bond acceptors (Lipinski definition) is 5. The number of carbonyl (C=O) groups is 1. The van der Waals surface area contributed by atoms with Crippen LogP contribution in [-0.2, 0) is 0 Å². The predicted molar refractivity (Wildman–Crippen MR) is 108 cm³/mol. The molecular formula is C20H22N6O2. The summed E-state index contributed by atoms with van der Waals surface area (Å²) < 4.78 is 9.09. The van der Waals surface area contributed by atoms with Gasteiger partial charge < -0.3 is 16.2 Å². The molecule has 28 heavy (non-hydrogen) atoms. The molecule has 4 rings (SSSR count). The van der Waals surface area contributed by atoms with E-state index in [1.165, 1.54) is 0 Å². The smallest absolute Gasteiger partial charge is 0.253 e. The summed E-state index contributed by atoms with van der Waals surface area (Å²) in [5.41, 5.74) is 17.3. The second-order valence-corrected chi connectivity index (χ2v) is 6.96. The van der Waals surface area contributed by atoms with Gasteiger partial charge in [-0.15, -0.1) is 0 Å². The van der Waals surface area contributed by atoms with Crippen molar-refractivity contribution in [2.45, 2.75) is 27.7 Å². The summed E-state index contributed by atoms with van der Waals surface area (Å²) in [5, 5.41) is 5.13. The van der Waals surface area contributed by atoms with E-state index in [0.717, 1.165) is 28.3 Å². The lowest BCUT2D eigenvalue weighted by atomic mass is 10.1. The molecule has 3 heterocycles. The van der Waals surface area contributed by atoms with E-state index in [1.807, 2.05) is 50.5 Å². The molecule has 4 N–H and O–H groups in total. The fraction of sp³-hybridized carbons (Fsp3) is 0.250. The SMILES string of the molecule is COc1ccc(C)c(-n2c(N)c(C(N)=O)c3cc(C)n4nc(C)nc4c32)c1C. The molecule has 0 bridgehead atoms. The van der Waals surface area contributed by atoms with Crippen LogP contribution in [0.25, 0.3) is 22.2 Å². The molecule has 3 aromatic heterocycles. The van der Waals surface area contributed by atoms with Gasteiger partial charge in [-0.1, -0.05) is 6.07 Å². The quantitative estimate of drug-likeness (QED) is 0.569. The standard InChI is InChI=1S/C20H22N6O2/c1-9-6-7-14(28-5)11(3)16(9)25-17-13(15(18(25)21)19(22)27)8-10(2)26-20(17)23-12(4)24-26/h6-8H,21H2,1-5H3,(H2,22,27). The number of fused-ring (bicyclic) bond motifs is 3. The molecule has 0 saturated carbocycles. The number of benzene rings is 1. The third-order valence-electron chi connectivity index (χ3n) is 5.13. The molecular weight excluding hydrogens is 356 g/mol. The Morgan fingerprint density at radius 1 is 1.18 bits per heavy atom. The van der Waals surface area contributed by atoms with Gasteiger partial charge in [-0.2, -0.15) is 5.10 Å². The molecule has 1 aromatic carbocycles. The number of carbonyl (C=O) groups excluding carboxylic acids is 1. The van der Waals surface area contributed by atoms with Crippen LogP contribution in [0.1, 0.15) is 33.0 Å². The van der Waals surface area contributed by atoms with Crippen molar-refractivity contribution in [2.24, 2.45) is 5.73 Å². The van der Waals surface area contributed by atoms with E-state index in [4.69, 9.17) is 16.2 Å². The van der Waals surface area contributed by atoms with Crippen molar-refractivity contribution in [1.82, 2.24) is 19.2 Å². The molecule has 0 spiro atoms. The number of primary amides is 1. The maximum atomic E-state index is 12.3. The zero-order valence-electron chi connectivity index (χ0n) is 16.5. The van der Waals surface area contributed by atoms with Crippen molar-refractivity contribution >= 4 is 28.3 Å². The van der Waals surface area contributed by atoms with E-state index in [-0.39, 0.29) is 11.4 Å². The average Bonchev–Trinajstić information content (AvgIpc) is 3.13. The van der Waals surface area contributed by atoms with Crippen LogP contribution in [0.2, 0.25) is 0 Å². The molecule has 8 heteroatoms. The summed E-state index contributed by atoms with van der Waals surface area (Å²) >= 11 is 0. The zero-order valence-corrected chi connectivity index (χ0v) is 16.5. The minimum atomic E-state index is -0.584. The van der Waals surface area contributed by atoms with Crippen LogP contribution in [0.5, 0.6) is 5.75 Å². The molecule has 0 aliphatic heterocycles. The predicted octanol–water partition coefficient (Wildman–Crippen LogP) is 2.60. The highest BCUT2D eigenvalue weighted by molar-refractivity contribution is 6.14. The van der Waals surface area contributed by atoms with Crippen molar-refractivity contribution in [3.8, 4) is 11.4 Å². The van der Waals surface area contributed by atoms with Gasteiger partial charge in [0, 0.05) is 16.6 Å². The Morgan fingerprint density at radius 2 is 1.89 bits per heavy atom. The number of methoxy groups -OCH3 is 1. The molecule has 0 atom stereocenters. The number of anilines is 1. The van der Waals surface area contributed by atoms with Gasteiger partial charge in [0.1, 0.15) is 22.9 Å². The van der Waals surface area contributed by atoms with E-state index >= 15 is 0 Å². The summed E-state index contributed by atoms with van der Waals surface area (Å²) in [7, 11) is 1.62. The number of aryl methyl sites for hydroxylation is 3. The minimum Gasteiger partial charge on any atom is -0.496 e. The van der Waals surface area contributed by atoms with Crippen LogP contribution >= 0.6 is 0 Å². The highest BCUT2D eigenvalue weighted by atomic mass is 16.5. The number of nitrogens with two attached hydrogens (primary N) is 2. The van der Waals surface area contributed by atoms with E-state index in [0.29, 0.717) is 22.4 Å². The average molecular weight is 378 g/mol. The lowest BCUT2D eigenvalue weighted by Crippen LogP contribution is -2.14. The summed E-state index contributed by atoms with van der Waals surface area (Å²) in [6, 6.07) is 5.73. The van der Waals surface area contributed by atoms with Gasteiger partial charge in [-0.25, -0.2) is 9.50 Å². The highest BCUT2D eigenvalue weighted by Gasteiger charge is 2.26. The maximum Gasteiger partial charge on any atom is 0.253 e. The second-order valence-electron chi connectivity index (χ2n) is 6.96. The summed E-state index contributed by atoms with van der Waals surface area (Å²) in [6.07, 6.45) is 0. The molecule has 0 aliphatic rings. The van der Waals surface area contributed by atoms with Gasteiger partial charge in [-0.3, -0.25) is 9.36 Å². The third-order valence-corrected chi connectivity index (χ3v) is 5.13. The van der Waals surface area contributed by atoms with Gasteiger partial charge in [0.05, 0.1) is 18.4 Å². The van der Waals surface area contributed by atoms with Gasteiger partial charge in [-0.05, 0) is 45.4 Å². The number of pyridine rings is 1. The lowest BCUT2D eigenvalue weighted by molar-refractivity contribution is 0.100. The van der Waals surface area contributed by atoms with Gasteiger partial charge in [0.15, 0.2) is 5.65 Å². The normalized spacial score (nSPS) is 11.5. The van der Waals surface area contributed by atoms with Crippen LogP contribution in [-0.4, -0.2) is 32.2 Å². The number of ether oxygens (including phenoxy) is 1. The van der Waals surface area contributed by atoms with Crippen molar-refractivity contribution in [3.05, 3.63) is 46.4 Å². The van der Waals surface area contributed by atoms with Crippen molar-refractivity contribution in [1.29, 1.82) is 0 Å². The molecule has 0 aliphatic carbocycles. The summed E-state index contributed by atoms with van der Waals surface area (Å²) in [5.74, 6) is 1.04. The molecule has 8 nitrogen and oxygen atoms in total. The maximum absolute atomic E-state index is 12.3.